The van der Waals surface area contributed by atoms with Crippen LogP contribution >= 0.6 is 27.7 Å². The van der Waals surface area contributed by atoms with Crippen molar-refractivity contribution in [3.63, 3.8) is 0 Å². The summed E-state index contributed by atoms with van der Waals surface area (Å²) in [5, 5.41) is 11.0. The Hall–Kier alpha value is -1.53. The molecule has 0 aromatic heterocycles. The number of hydrogen-bond acceptors (Lipinski definition) is 4. The van der Waals surface area contributed by atoms with Gasteiger partial charge >= 0.3 is 0 Å². The fourth-order valence-electron chi connectivity index (χ4n) is 1.77. The molecule has 18 heavy (non-hydrogen) atoms. The Morgan fingerprint density at radius 3 is 2.94 bits per heavy atom. The number of fused-ring (bicyclic) bond motifs is 2. The molecule has 0 atom stereocenters. The van der Waals surface area contributed by atoms with E-state index in [0.29, 0.717) is 11.3 Å². The maximum Gasteiger partial charge on any atom is 0.280 e. The maximum atomic E-state index is 11.0. The summed E-state index contributed by atoms with van der Waals surface area (Å²) in [6.07, 6.45) is 5.52. The van der Waals surface area contributed by atoms with E-state index in [0.717, 1.165) is 14.5 Å². The van der Waals surface area contributed by atoms with Crippen molar-refractivity contribution >= 4 is 39.5 Å². The molecule has 0 unspecified atom stereocenters. The van der Waals surface area contributed by atoms with Crippen LogP contribution < -0.4 is 4.74 Å². The molecule has 90 valence electrons. The number of nitro benzene ring substituents is 1. The molecule has 2 heterocycles. The number of benzene rings is 1. The van der Waals surface area contributed by atoms with Crippen molar-refractivity contribution in [1.29, 1.82) is 0 Å². The summed E-state index contributed by atoms with van der Waals surface area (Å²) < 4.78 is 6.62. The van der Waals surface area contributed by atoms with Crippen LogP contribution in [0.2, 0.25) is 0 Å². The van der Waals surface area contributed by atoms with E-state index in [1.807, 2.05) is 12.2 Å². The number of nitro groups is 1. The Morgan fingerprint density at radius 2 is 2.17 bits per heavy atom. The summed E-state index contributed by atoms with van der Waals surface area (Å²) in [7, 11) is 0. The van der Waals surface area contributed by atoms with Gasteiger partial charge < -0.3 is 4.74 Å². The van der Waals surface area contributed by atoms with Gasteiger partial charge in [0.15, 0.2) is 0 Å². The van der Waals surface area contributed by atoms with Crippen molar-refractivity contribution in [2.45, 2.75) is 0 Å². The molecule has 0 spiro atoms. The van der Waals surface area contributed by atoms with Crippen LogP contribution in [0.5, 0.6) is 5.75 Å². The van der Waals surface area contributed by atoms with Gasteiger partial charge in [0.1, 0.15) is 11.5 Å². The zero-order valence-corrected chi connectivity index (χ0v) is 11.3. The van der Waals surface area contributed by atoms with E-state index < -0.39 is 4.92 Å². The molecule has 1 aromatic carbocycles. The Morgan fingerprint density at radius 1 is 1.33 bits per heavy atom. The summed E-state index contributed by atoms with van der Waals surface area (Å²) in [4.78, 5) is 11.4. The van der Waals surface area contributed by atoms with Crippen LogP contribution in [0.25, 0.3) is 6.08 Å². The Bertz CT molecular complexity index is 649. The predicted octanol–water partition coefficient (Wildman–Crippen LogP) is 4.20. The van der Waals surface area contributed by atoms with Crippen molar-refractivity contribution in [2.24, 2.45) is 0 Å². The first-order chi connectivity index (χ1) is 8.65. The number of rotatable bonds is 1. The molecule has 0 saturated carbocycles. The molecule has 0 bridgehead atoms. The molecule has 0 N–H and O–H groups in total. The monoisotopic (exact) mass is 323 g/mol. The highest BCUT2D eigenvalue weighted by Crippen LogP contribution is 2.45. The molecule has 3 rings (SSSR count). The van der Waals surface area contributed by atoms with E-state index in [1.54, 1.807) is 18.2 Å². The lowest BCUT2D eigenvalue weighted by Gasteiger charge is -2.21. The van der Waals surface area contributed by atoms with E-state index in [-0.39, 0.29) is 5.69 Å². The number of thioether (sulfide) groups is 1. The minimum Gasteiger partial charge on any atom is -0.455 e. The number of nitrogens with zero attached hydrogens (tertiary/aromatic N) is 1. The number of halogens is 1. The Labute approximate surface area is 115 Å². The van der Waals surface area contributed by atoms with Crippen molar-refractivity contribution in [1.82, 2.24) is 0 Å². The highest BCUT2D eigenvalue weighted by atomic mass is 79.9. The highest BCUT2D eigenvalue weighted by Gasteiger charge is 2.25. The lowest BCUT2D eigenvalue weighted by Crippen LogP contribution is -2.06. The SMILES string of the molecule is O=[N+]([O-])c1cccc2c1C=C1SC(Br)=CC=C1O2. The van der Waals surface area contributed by atoms with E-state index in [9.17, 15) is 10.1 Å². The van der Waals surface area contributed by atoms with Crippen LogP contribution in [0.1, 0.15) is 5.56 Å². The van der Waals surface area contributed by atoms with Crippen molar-refractivity contribution in [3.05, 3.63) is 60.5 Å². The fraction of sp³-hybridized carbons (Fsp3) is 0. The fourth-order valence-corrected chi connectivity index (χ4v) is 3.16. The zero-order valence-electron chi connectivity index (χ0n) is 8.92. The summed E-state index contributed by atoms with van der Waals surface area (Å²) in [6, 6.07) is 4.83. The topological polar surface area (TPSA) is 52.4 Å². The van der Waals surface area contributed by atoms with Gasteiger partial charge in [-0.25, -0.2) is 0 Å². The van der Waals surface area contributed by atoms with Crippen molar-refractivity contribution in [3.8, 4) is 5.75 Å². The smallest absolute Gasteiger partial charge is 0.280 e. The third-order valence-electron chi connectivity index (χ3n) is 2.55. The molecule has 0 amide bonds. The number of ether oxygens (including phenoxy) is 1. The van der Waals surface area contributed by atoms with Gasteiger partial charge in [0.25, 0.3) is 5.69 Å². The summed E-state index contributed by atoms with van der Waals surface area (Å²) in [5.41, 5.74) is 0.578. The zero-order chi connectivity index (χ0) is 12.7. The van der Waals surface area contributed by atoms with Crippen LogP contribution in [0.4, 0.5) is 5.69 Å². The lowest BCUT2D eigenvalue weighted by molar-refractivity contribution is -0.385. The molecule has 4 nitrogen and oxygen atoms in total. The van der Waals surface area contributed by atoms with E-state index in [1.165, 1.54) is 17.8 Å². The molecule has 6 heteroatoms. The molecule has 2 aliphatic rings. The van der Waals surface area contributed by atoms with Gasteiger partial charge in [0.2, 0.25) is 0 Å². The van der Waals surface area contributed by atoms with Crippen molar-refractivity contribution < 1.29 is 9.66 Å². The molecule has 0 saturated heterocycles. The van der Waals surface area contributed by atoms with Gasteiger partial charge in [-0.2, -0.15) is 0 Å². The van der Waals surface area contributed by atoms with E-state index in [2.05, 4.69) is 15.9 Å². The Balaban J connectivity index is 2.16. The average Bonchev–Trinajstić information content (AvgIpc) is 2.35. The first-order valence-electron chi connectivity index (χ1n) is 5.08. The number of hydrogen-bond donors (Lipinski definition) is 0. The van der Waals surface area contributed by atoms with Crippen molar-refractivity contribution in [2.75, 3.05) is 0 Å². The molecular weight excluding hydrogens is 318 g/mol. The van der Waals surface area contributed by atoms with Crippen LogP contribution in [-0.2, 0) is 0 Å². The van der Waals surface area contributed by atoms with E-state index in [4.69, 9.17) is 4.74 Å². The normalized spacial score (nSPS) is 16.6. The van der Waals surface area contributed by atoms with Gasteiger partial charge in [-0.3, -0.25) is 10.1 Å². The van der Waals surface area contributed by atoms with Gasteiger partial charge in [-0.1, -0.05) is 17.8 Å². The summed E-state index contributed by atoms with van der Waals surface area (Å²) in [5.74, 6) is 1.24. The lowest BCUT2D eigenvalue weighted by atomic mass is 10.1. The van der Waals surface area contributed by atoms with E-state index >= 15 is 0 Å². The van der Waals surface area contributed by atoms with Crippen LogP contribution in [0.3, 0.4) is 0 Å². The standard InChI is InChI=1S/C12H6BrNO3S/c13-12-5-4-10-11(18-12)6-7-8(14(15)16)2-1-3-9(7)17-10/h1-6H. The second-order valence-electron chi connectivity index (χ2n) is 3.66. The summed E-state index contributed by atoms with van der Waals surface area (Å²) in [6.45, 7) is 0. The largest absolute Gasteiger partial charge is 0.455 e. The third-order valence-corrected chi connectivity index (χ3v) is 4.17. The van der Waals surface area contributed by atoms with Gasteiger partial charge in [-0.15, -0.1) is 0 Å². The highest BCUT2D eigenvalue weighted by molar-refractivity contribution is 9.14. The van der Waals surface area contributed by atoms with Gasteiger partial charge in [0, 0.05) is 6.07 Å². The first-order valence-corrected chi connectivity index (χ1v) is 6.69. The third kappa shape index (κ3) is 1.87. The maximum absolute atomic E-state index is 11.0. The molecule has 0 radical (unpaired) electrons. The van der Waals surface area contributed by atoms with Crippen LogP contribution in [0, 0.1) is 10.1 Å². The predicted molar refractivity (Wildman–Crippen MR) is 74.4 cm³/mol. The molecule has 1 aromatic rings. The molecule has 2 aliphatic heterocycles. The second kappa shape index (κ2) is 4.29. The van der Waals surface area contributed by atoms with Gasteiger partial charge in [-0.05, 0) is 40.2 Å². The van der Waals surface area contributed by atoms with Crippen LogP contribution in [-0.4, -0.2) is 4.92 Å². The first kappa shape index (κ1) is 11.6. The number of allylic oxidation sites excluding steroid dienone is 2. The van der Waals surface area contributed by atoms with Crippen LogP contribution in [0.15, 0.2) is 44.8 Å². The quantitative estimate of drug-likeness (QED) is 0.574. The second-order valence-corrected chi connectivity index (χ2v) is 6.12. The molecule has 0 aliphatic carbocycles. The minimum absolute atomic E-state index is 0.0605. The summed E-state index contributed by atoms with van der Waals surface area (Å²) >= 11 is 4.86. The Kier molecular flexibility index (Phi) is 2.76. The molecular formula is C12H6BrNO3S. The molecule has 0 fully saturated rings. The minimum atomic E-state index is -0.396. The average molecular weight is 324 g/mol. The van der Waals surface area contributed by atoms with Gasteiger partial charge in [0.05, 0.1) is 19.2 Å².